The van der Waals surface area contributed by atoms with Crippen LogP contribution < -0.4 is 16.1 Å². The van der Waals surface area contributed by atoms with E-state index in [9.17, 15) is 9.59 Å². The van der Waals surface area contributed by atoms with Crippen LogP contribution in [-0.2, 0) is 0 Å². The minimum Gasteiger partial charge on any atom is -0.455 e. The SMILES string of the molecule is O=C1NC(c2ccccc2)Nc2c1cc1c(=O)c3ccccc3oc1c2-c1ccccc1. The number of fused-ring (bicyclic) bond motifs is 3. The van der Waals surface area contributed by atoms with Gasteiger partial charge >= 0.3 is 0 Å². The highest BCUT2D eigenvalue weighted by molar-refractivity contribution is 6.13. The second-order valence-electron chi connectivity index (χ2n) is 7.81. The zero-order valence-corrected chi connectivity index (χ0v) is 17.0. The minimum absolute atomic E-state index is 0.153. The van der Waals surface area contributed by atoms with E-state index in [1.807, 2.05) is 66.7 Å². The Morgan fingerprint density at radius 1 is 0.719 bits per heavy atom. The van der Waals surface area contributed by atoms with Gasteiger partial charge in [-0.2, -0.15) is 0 Å². The van der Waals surface area contributed by atoms with Crippen LogP contribution in [0, 0.1) is 0 Å². The van der Waals surface area contributed by atoms with Crippen molar-refractivity contribution in [3.05, 3.63) is 112 Å². The molecule has 2 heterocycles. The summed E-state index contributed by atoms with van der Waals surface area (Å²) in [5, 5.41) is 7.36. The lowest BCUT2D eigenvalue weighted by molar-refractivity contribution is 0.0936. The van der Waals surface area contributed by atoms with Crippen molar-refractivity contribution in [3.63, 3.8) is 0 Å². The molecule has 0 bridgehead atoms. The van der Waals surface area contributed by atoms with Gasteiger partial charge in [-0.15, -0.1) is 0 Å². The Morgan fingerprint density at radius 2 is 1.41 bits per heavy atom. The summed E-state index contributed by atoms with van der Waals surface area (Å²) in [5.41, 5.74) is 4.41. The molecule has 5 nitrogen and oxygen atoms in total. The lowest BCUT2D eigenvalue weighted by Gasteiger charge is -2.30. The Kier molecular flexibility index (Phi) is 4.08. The molecule has 2 N–H and O–H groups in total. The third-order valence-electron chi connectivity index (χ3n) is 5.87. The molecule has 5 heteroatoms. The minimum atomic E-state index is -0.400. The number of hydrogen-bond acceptors (Lipinski definition) is 4. The lowest BCUT2D eigenvalue weighted by atomic mass is 9.93. The van der Waals surface area contributed by atoms with Gasteiger partial charge in [-0.1, -0.05) is 72.8 Å². The van der Waals surface area contributed by atoms with E-state index in [0.29, 0.717) is 38.8 Å². The smallest absolute Gasteiger partial charge is 0.255 e. The Balaban J connectivity index is 1.70. The maximum Gasteiger partial charge on any atom is 0.255 e. The van der Waals surface area contributed by atoms with Crippen molar-refractivity contribution < 1.29 is 9.21 Å². The van der Waals surface area contributed by atoms with Gasteiger partial charge in [0, 0.05) is 5.56 Å². The van der Waals surface area contributed by atoms with E-state index in [2.05, 4.69) is 10.6 Å². The third-order valence-corrected chi connectivity index (χ3v) is 5.87. The zero-order chi connectivity index (χ0) is 21.7. The first-order valence-electron chi connectivity index (χ1n) is 10.4. The van der Waals surface area contributed by atoms with Crippen LogP contribution in [0.5, 0.6) is 0 Å². The number of amides is 1. The first-order chi connectivity index (χ1) is 15.7. The molecule has 154 valence electrons. The second kappa shape index (κ2) is 7.10. The average Bonchev–Trinajstić information content (AvgIpc) is 2.84. The quantitative estimate of drug-likeness (QED) is 0.373. The van der Waals surface area contributed by atoms with Crippen molar-refractivity contribution >= 4 is 33.5 Å². The van der Waals surface area contributed by atoms with Crippen molar-refractivity contribution in [2.24, 2.45) is 0 Å². The first kappa shape index (κ1) is 18.4. The van der Waals surface area contributed by atoms with E-state index in [-0.39, 0.29) is 11.3 Å². The normalized spacial score (nSPS) is 15.2. The number of carbonyl (C=O) groups excluding carboxylic acids is 1. The average molecular weight is 418 g/mol. The number of para-hydroxylation sites is 1. The Hall–Kier alpha value is -4.38. The summed E-state index contributed by atoms with van der Waals surface area (Å²) in [6, 6.07) is 28.2. The van der Waals surface area contributed by atoms with Crippen LogP contribution in [0.15, 0.2) is 100 Å². The predicted molar refractivity (Wildman–Crippen MR) is 126 cm³/mol. The predicted octanol–water partition coefficient (Wildman–Crippen LogP) is 5.47. The topological polar surface area (TPSA) is 71.3 Å². The van der Waals surface area contributed by atoms with E-state index in [1.54, 1.807) is 24.3 Å². The maximum atomic E-state index is 13.3. The molecule has 1 atom stereocenters. The van der Waals surface area contributed by atoms with Gasteiger partial charge in [-0.05, 0) is 29.3 Å². The molecule has 1 aliphatic heterocycles. The van der Waals surface area contributed by atoms with E-state index >= 15 is 0 Å². The largest absolute Gasteiger partial charge is 0.455 e. The van der Waals surface area contributed by atoms with Crippen molar-refractivity contribution in [1.29, 1.82) is 0 Å². The number of anilines is 1. The van der Waals surface area contributed by atoms with Crippen LogP contribution in [0.25, 0.3) is 33.1 Å². The molecule has 32 heavy (non-hydrogen) atoms. The van der Waals surface area contributed by atoms with Gasteiger partial charge in [-0.25, -0.2) is 0 Å². The molecule has 1 unspecified atom stereocenters. The summed E-state index contributed by atoms with van der Waals surface area (Å²) >= 11 is 0. The highest BCUT2D eigenvalue weighted by Crippen LogP contribution is 2.41. The molecule has 0 radical (unpaired) electrons. The standard InChI is InChI=1S/C27H18N2O3/c30-24-18-13-7-8-14-21(18)32-25-20(24)15-19-23(22(25)16-9-3-1-4-10-16)28-26(29-27(19)31)17-11-5-2-6-12-17/h1-15,26,28H,(H,29,31). The van der Waals surface area contributed by atoms with Crippen LogP contribution in [0.2, 0.25) is 0 Å². The highest BCUT2D eigenvalue weighted by Gasteiger charge is 2.30. The van der Waals surface area contributed by atoms with E-state index in [0.717, 1.165) is 11.1 Å². The number of nitrogens with one attached hydrogen (secondary N) is 2. The molecule has 1 aliphatic rings. The molecular weight excluding hydrogens is 400 g/mol. The Labute approximate surface area is 183 Å². The monoisotopic (exact) mass is 418 g/mol. The number of hydrogen-bond donors (Lipinski definition) is 2. The van der Waals surface area contributed by atoms with Gasteiger partial charge in [0.15, 0.2) is 0 Å². The highest BCUT2D eigenvalue weighted by atomic mass is 16.3. The number of carbonyl (C=O) groups is 1. The molecule has 1 aromatic heterocycles. The van der Waals surface area contributed by atoms with Crippen molar-refractivity contribution in [1.82, 2.24) is 5.32 Å². The molecule has 0 aliphatic carbocycles. The van der Waals surface area contributed by atoms with E-state index in [1.165, 1.54) is 0 Å². The maximum absolute atomic E-state index is 13.3. The molecule has 0 fully saturated rings. The van der Waals surface area contributed by atoms with Gasteiger partial charge < -0.3 is 15.1 Å². The van der Waals surface area contributed by atoms with Crippen molar-refractivity contribution in [3.8, 4) is 11.1 Å². The fraction of sp³-hybridized carbons (Fsp3) is 0.0370. The summed E-state index contributed by atoms with van der Waals surface area (Å²) in [6.07, 6.45) is -0.400. The fourth-order valence-corrected chi connectivity index (χ4v) is 4.35. The number of rotatable bonds is 2. The molecule has 0 saturated heterocycles. The molecule has 6 rings (SSSR count). The molecule has 5 aromatic rings. The third kappa shape index (κ3) is 2.79. The Bertz CT molecular complexity index is 1560. The summed E-state index contributed by atoms with van der Waals surface area (Å²) in [4.78, 5) is 26.5. The second-order valence-corrected chi connectivity index (χ2v) is 7.81. The fourth-order valence-electron chi connectivity index (χ4n) is 4.35. The molecule has 0 saturated carbocycles. The van der Waals surface area contributed by atoms with Crippen LogP contribution in [0.3, 0.4) is 0 Å². The Morgan fingerprint density at radius 3 is 2.19 bits per heavy atom. The van der Waals surface area contributed by atoms with Crippen LogP contribution in [0.1, 0.15) is 22.1 Å². The van der Waals surface area contributed by atoms with Gasteiger partial charge in [0.25, 0.3) is 5.91 Å². The number of benzene rings is 4. The van der Waals surface area contributed by atoms with E-state index < -0.39 is 6.17 Å². The van der Waals surface area contributed by atoms with Crippen LogP contribution >= 0.6 is 0 Å². The van der Waals surface area contributed by atoms with Crippen molar-refractivity contribution in [2.75, 3.05) is 5.32 Å². The summed E-state index contributed by atoms with van der Waals surface area (Å²) in [7, 11) is 0. The molecule has 1 amide bonds. The van der Waals surface area contributed by atoms with Gasteiger partial charge in [0.05, 0.1) is 22.0 Å². The van der Waals surface area contributed by atoms with Gasteiger partial charge in [-0.3, -0.25) is 9.59 Å². The molecule has 0 spiro atoms. The summed E-state index contributed by atoms with van der Waals surface area (Å²) < 4.78 is 6.28. The van der Waals surface area contributed by atoms with Crippen molar-refractivity contribution in [2.45, 2.75) is 6.17 Å². The van der Waals surface area contributed by atoms with Crippen LogP contribution in [-0.4, -0.2) is 5.91 Å². The summed E-state index contributed by atoms with van der Waals surface area (Å²) in [6.45, 7) is 0. The first-order valence-corrected chi connectivity index (χ1v) is 10.4. The van der Waals surface area contributed by atoms with Gasteiger partial charge in [0.2, 0.25) is 5.43 Å². The summed E-state index contributed by atoms with van der Waals surface area (Å²) in [5.74, 6) is -0.237. The van der Waals surface area contributed by atoms with Crippen LogP contribution in [0.4, 0.5) is 5.69 Å². The zero-order valence-electron chi connectivity index (χ0n) is 17.0. The lowest BCUT2D eigenvalue weighted by Crippen LogP contribution is -2.38. The molecular formula is C27H18N2O3. The van der Waals surface area contributed by atoms with E-state index in [4.69, 9.17) is 4.42 Å². The molecule has 4 aromatic carbocycles. The van der Waals surface area contributed by atoms with Gasteiger partial charge in [0.1, 0.15) is 17.3 Å².